The first-order valence-corrected chi connectivity index (χ1v) is 11.9. The zero-order valence-electron chi connectivity index (χ0n) is 19.2. The number of nitrogens with two attached hydrogens (primary N) is 1. The smallest absolute Gasteiger partial charge is 0.297 e. The van der Waals surface area contributed by atoms with E-state index < -0.39 is 0 Å². The van der Waals surface area contributed by atoms with Crippen LogP contribution in [0.3, 0.4) is 0 Å². The molecule has 0 aliphatic rings. The van der Waals surface area contributed by atoms with E-state index >= 15 is 0 Å². The Bertz CT molecular complexity index is 829. The molecule has 0 aliphatic carbocycles. The third-order valence-corrected chi connectivity index (χ3v) is 5.43. The molecule has 2 aromatic rings. The number of fused-ring (bicyclic) bond motifs is 1. The second-order valence-corrected chi connectivity index (χ2v) is 8.06. The summed E-state index contributed by atoms with van der Waals surface area (Å²) in [6.07, 6.45) is 10.8. The first kappa shape index (κ1) is 24.1. The molecule has 2 N–H and O–H groups in total. The molecule has 1 heterocycles. The van der Waals surface area contributed by atoms with Crippen molar-refractivity contribution in [1.29, 1.82) is 0 Å². The maximum absolute atomic E-state index is 13.4. The summed E-state index contributed by atoms with van der Waals surface area (Å²) < 4.78 is 14.0. The fourth-order valence-electron chi connectivity index (χ4n) is 3.63. The minimum absolute atomic E-state index is 0.107. The van der Waals surface area contributed by atoms with Crippen molar-refractivity contribution < 1.29 is 9.47 Å². The highest BCUT2D eigenvalue weighted by molar-refractivity contribution is 5.90. The molecule has 0 radical (unpaired) electrons. The first-order chi connectivity index (χ1) is 14.6. The number of hydrogen-bond donors (Lipinski definition) is 1. The number of ether oxygens (including phenoxy) is 2. The maximum atomic E-state index is 13.4. The van der Waals surface area contributed by atoms with Crippen molar-refractivity contribution in [3.8, 4) is 11.5 Å². The lowest BCUT2D eigenvalue weighted by Gasteiger charge is -2.19. The van der Waals surface area contributed by atoms with Gasteiger partial charge in [-0.05, 0) is 37.5 Å². The van der Waals surface area contributed by atoms with Crippen LogP contribution in [0.5, 0.6) is 11.5 Å². The zero-order valence-corrected chi connectivity index (χ0v) is 19.2. The van der Waals surface area contributed by atoms with Gasteiger partial charge in [0, 0.05) is 17.6 Å². The van der Waals surface area contributed by atoms with Gasteiger partial charge in [0.1, 0.15) is 0 Å². The van der Waals surface area contributed by atoms with Crippen molar-refractivity contribution in [3.63, 3.8) is 0 Å². The van der Waals surface area contributed by atoms with E-state index in [1.165, 1.54) is 25.7 Å². The third-order valence-electron chi connectivity index (χ3n) is 5.43. The van der Waals surface area contributed by atoms with Gasteiger partial charge in [0.15, 0.2) is 5.75 Å². The number of aryl methyl sites for hydroxylation is 1. The van der Waals surface area contributed by atoms with Crippen LogP contribution in [0.2, 0.25) is 0 Å². The van der Waals surface area contributed by atoms with Crippen LogP contribution >= 0.6 is 0 Å². The molecular weight excluding hydrogens is 376 g/mol. The van der Waals surface area contributed by atoms with Crippen molar-refractivity contribution in [2.24, 2.45) is 0 Å². The second-order valence-electron chi connectivity index (χ2n) is 8.06. The molecular formula is C25H40N2O3. The fraction of sp³-hybridized carbons (Fsp3) is 0.640. The van der Waals surface area contributed by atoms with Crippen molar-refractivity contribution in [2.75, 3.05) is 18.9 Å². The Morgan fingerprint density at radius 1 is 0.800 bits per heavy atom. The van der Waals surface area contributed by atoms with Gasteiger partial charge in [-0.1, -0.05) is 65.7 Å². The molecule has 0 bridgehead atoms. The Kier molecular flexibility index (Phi) is 10.6. The van der Waals surface area contributed by atoms with E-state index in [4.69, 9.17) is 15.2 Å². The lowest BCUT2D eigenvalue weighted by molar-refractivity contribution is 0.258. The summed E-state index contributed by atoms with van der Waals surface area (Å²) >= 11 is 0. The lowest BCUT2D eigenvalue weighted by Crippen LogP contribution is -2.24. The molecule has 0 saturated carbocycles. The number of benzene rings is 1. The Morgan fingerprint density at radius 2 is 1.43 bits per heavy atom. The van der Waals surface area contributed by atoms with E-state index in [1.54, 1.807) is 0 Å². The van der Waals surface area contributed by atoms with Crippen LogP contribution in [0, 0.1) is 0 Å². The maximum Gasteiger partial charge on any atom is 0.297 e. The van der Waals surface area contributed by atoms with Gasteiger partial charge in [0.05, 0.1) is 18.7 Å². The van der Waals surface area contributed by atoms with E-state index in [0.29, 0.717) is 36.9 Å². The molecule has 0 unspecified atom stereocenters. The van der Waals surface area contributed by atoms with Crippen LogP contribution in [0.4, 0.5) is 5.69 Å². The summed E-state index contributed by atoms with van der Waals surface area (Å²) in [7, 11) is 0. The van der Waals surface area contributed by atoms with Crippen LogP contribution in [0.25, 0.3) is 10.9 Å². The summed E-state index contributed by atoms with van der Waals surface area (Å²) in [4.78, 5) is 13.4. The van der Waals surface area contributed by atoms with Gasteiger partial charge < -0.3 is 19.8 Å². The van der Waals surface area contributed by atoms with E-state index in [1.807, 2.05) is 22.8 Å². The predicted molar refractivity (Wildman–Crippen MR) is 127 cm³/mol. The number of pyridine rings is 1. The van der Waals surface area contributed by atoms with E-state index in [0.717, 1.165) is 49.4 Å². The molecule has 1 aromatic heterocycles. The van der Waals surface area contributed by atoms with Crippen LogP contribution in [0.15, 0.2) is 23.0 Å². The highest BCUT2D eigenvalue weighted by atomic mass is 16.5. The number of nitrogen functional groups attached to an aromatic ring is 1. The predicted octanol–water partition coefficient (Wildman–Crippen LogP) is 6.30. The Labute approximate surface area is 181 Å². The van der Waals surface area contributed by atoms with Crippen molar-refractivity contribution in [3.05, 3.63) is 28.6 Å². The summed E-state index contributed by atoms with van der Waals surface area (Å²) in [6, 6.07) is 5.71. The number of unbranched alkanes of at least 4 members (excludes halogenated alkanes) is 7. The third kappa shape index (κ3) is 6.68. The molecule has 168 valence electrons. The molecule has 0 fully saturated rings. The van der Waals surface area contributed by atoms with Crippen LogP contribution < -0.4 is 20.8 Å². The van der Waals surface area contributed by atoms with E-state index in [-0.39, 0.29) is 5.56 Å². The molecule has 0 saturated heterocycles. The molecule has 5 heteroatoms. The number of aromatic nitrogens is 1. The van der Waals surface area contributed by atoms with Gasteiger partial charge in [0.2, 0.25) is 5.75 Å². The normalized spacial score (nSPS) is 11.2. The Morgan fingerprint density at radius 3 is 2.13 bits per heavy atom. The van der Waals surface area contributed by atoms with Crippen LogP contribution in [-0.2, 0) is 6.54 Å². The standard InChI is InChI=1S/C25H40N2O3/c1-4-7-10-12-16-27-22-19-20(26)14-15-21(22)23(29-18-13-11-8-5-2)24(25(27)28)30-17-9-6-3/h14-15,19H,4-13,16-18,26H2,1-3H3. The Hall–Kier alpha value is -2.17. The SMILES string of the molecule is CCCCCCOc1c(OCCCC)c(=O)n(CCCCCC)c2cc(N)ccc12. The van der Waals surface area contributed by atoms with Gasteiger partial charge in [0.25, 0.3) is 5.56 Å². The average molecular weight is 417 g/mol. The van der Waals surface area contributed by atoms with Crippen LogP contribution in [-0.4, -0.2) is 17.8 Å². The molecule has 0 amide bonds. The highest BCUT2D eigenvalue weighted by Gasteiger charge is 2.20. The topological polar surface area (TPSA) is 66.5 Å². The summed E-state index contributed by atoms with van der Waals surface area (Å²) in [5.41, 5.74) is 7.45. The second kappa shape index (κ2) is 13.2. The van der Waals surface area contributed by atoms with Crippen molar-refractivity contribution >= 4 is 16.6 Å². The van der Waals surface area contributed by atoms with Gasteiger partial charge in [-0.15, -0.1) is 0 Å². The number of anilines is 1. The number of nitrogens with zero attached hydrogens (tertiary/aromatic N) is 1. The minimum Gasteiger partial charge on any atom is -0.489 e. The molecule has 0 aliphatic heterocycles. The van der Waals surface area contributed by atoms with E-state index in [9.17, 15) is 4.79 Å². The average Bonchev–Trinajstić information content (AvgIpc) is 2.74. The molecule has 0 atom stereocenters. The number of rotatable bonds is 15. The Balaban J connectivity index is 2.43. The molecule has 0 spiro atoms. The number of hydrogen-bond acceptors (Lipinski definition) is 4. The van der Waals surface area contributed by atoms with Crippen molar-refractivity contribution in [1.82, 2.24) is 4.57 Å². The summed E-state index contributed by atoms with van der Waals surface area (Å²) in [6.45, 7) is 8.27. The largest absolute Gasteiger partial charge is 0.489 e. The zero-order chi connectivity index (χ0) is 21.8. The van der Waals surface area contributed by atoms with Gasteiger partial charge in [-0.2, -0.15) is 0 Å². The van der Waals surface area contributed by atoms with Crippen LogP contribution in [0.1, 0.15) is 85.0 Å². The lowest BCUT2D eigenvalue weighted by atomic mass is 10.1. The van der Waals surface area contributed by atoms with Gasteiger partial charge >= 0.3 is 0 Å². The monoisotopic (exact) mass is 416 g/mol. The fourth-order valence-corrected chi connectivity index (χ4v) is 3.63. The van der Waals surface area contributed by atoms with Gasteiger partial charge in [-0.25, -0.2) is 0 Å². The molecule has 2 rings (SSSR count). The molecule has 30 heavy (non-hydrogen) atoms. The van der Waals surface area contributed by atoms with E-state index in [2.05, 4.69) is 20.8 Å². The quantitative estimate of drug-likeness (QED) is 0.273. The molecule has 5 nitrogen and oxygen atoms in total. The summed E-state index contributed by atoms with van der Waals surface area (Å²) in [5.74, 6) is 0.930. The molecule has 1 aromatic carbocycles. The van der Waals surface area contributed by atoms with Crippen molar-refractivity contribution in [2.45, 2.75) is 91.5 Å². The minimum atomic E-state index is -0.107. The van der Waals surface area contributed by atoms with Gasteiger partial charge in [-0.3, -0.25) is 4.79 Å². The highest BCUT2D eigenvalue weighted by Crippen LogP contribution is 2.34. The first-order valence-electron chi connectivity index (χ1n) is 11.9. The summed E-state index contributed by atoms with van der Waals surface area (Å²) in [5, 5.41) is 0.904.